The van der Waals surface area contributed by atoms with Gasteiger partial charge in [0.1, 0.15) is 5.75 Å². The molecule has 0 unspecified atom stereocenters. The molecule has 0 aliphatic rings. The van der Waals surface area contributed by atoms with E-state index in [1.807, 2.05) is 26.0 Å². The summed E-state index contributed by atoms with van der Waals surface area (Å²) in [6.45, 7) is 4.37. The van der Waals surface area contributed by atoms with Crippen LogP contribution in [0.25, 0.3) is 0 Å². The Balaban J connectivity index is 2.70. The largest absolute Gasteiger partial charge is 0.479 e. The minimum absolute atomic E-state index is 0.107. The molecule has 0 bridgehead atoms. The fraction of sp³-hybridized carbons (Fsp3) is 0.417. The van der Waals surface area contributed by atoms with Gasteiger partial charge in [-0.05, 0) is 25.5 Å². The van der Waals surface area contributed by atoms with Crippen molar-refractivity contribution in [2.75, 3.05) is 6.54 Å². The maximum absolute atomic E-state index is 11.6. The molecule has 88 valence electrons. The third-order valence-corrected chi connectivity index (χ3v) is 2.43. The van der Waals surface area contributed by atoms with Crippen LogP contribution in [0.2, 0.25) is 5.02 Å². The molecule has 0 heterocycles. The zero-order chi connectivity index (χ0) is 12.0. The number of nitrogens with one attached hydrogen (secondary N) is 1. The molecule has 0 fully saturated rings. The van der Waals surface area contributed by atoms with E-state index < -0.39 is 6.10 Å². The minimum Gasteiger partial charge on any atom is -0.479 e. The molecule has 1 N–H and O–H groups in total. The molecule has 0 aliphatic heterocycles. The first kappa shape index (κ1) is 12.8. The van der Waals surface area contributed by atoms with Gasteiger partial charge >= 0.3 is 0 Å². The fourth-order valence-electron chi connectivity index (χ4n) is 1.30. The molecule has 1 aromatic carbocycles. The first-order valence-corrected chi connectivity index (χ1v) is 5.75. The standard InChI is InChI=1S/C12H16ClNO2/c1-3-10(12(15)14-4-2)16-11-8-6-5-7-9(11)13/h5-8,10H,3-4H2,1-2H3,(H,14,15)/t10-/m0/s1. The van der Waals surface area contributed by atoms with Crippen LogP contribution in [-0.4, -0.2) is 18.6 Å². The Morgan fingerprint density at radius 2 is 2.12 bits per heavy atom. The minimum atomic E-state index is -0.486. The van der Waals surface area contributed by atoms with Crippen LogP contribution in [0, 0.1) is 0 Å². The van der Waals surface area contributed by atoms with Gasteiger partial charge in [0, 0.05) is 6.54 Å². The second-order valence-corrected chi connectivity index (χ2v) is 3.75. The summed E-state index contributed by atoms with van der Waals surface area (Å²) in [7, 11) is 0. The van der Waals surface area contributed by atoms with Gasteiger partial charge in [-0.3, -0.25) is 4.79 Å². The number of amides is 1. The van der Waals surface area contributed by atoms with Crippen LogP contribution in [0.5, 0.6) is 5.75 Å². The van der Waals surface area contributed by atoms with E-state index in [0.717, 1.165) is 0 Å². The first-order valence-electron chi connectivity index (χ1n) is 5.37. The van der Waals surface area contributed by atoms with Gasteiger partial charge < -0.3 is 10.1 Å². The van der Waals surface area contributed by atoms with Crippen molar-refractivity contribution in [3.05, 3.63) is 29.3 Å². The quantitative estimate of drug-likeness (QED) is 0.861. The molecule has 0 saturated heterocycles. The molecule has 0 aliphatic carbocycles. The Bertz CT molecular complexity index is 355. The molecule has 3 nitrogen and oxygen atoms in total. The molecular weight excluding hydrogens is 226 g/mol. The van der Waals surface area contributed by atoms with Gasteiger partial charge in [0.2, 0.25) is 0 Å². The van der Waals surface area contributed by atoms with E-state index >= 15 is 0 Å². The average molecular weight is 242 g/mol. The monoisotopic (exact) mass is 241 g/mol. The number of hydrogen-bond acceptors (Lipinski definition) is 2. The Morgan fingerprint density at radius 3 is 2.69 bits per heavy atom. The Labute approximate surface area is 101 Å². The number of likely N-dealkylation sites (N-methyl/N-ethyl adjacent to an activating group) is 1. The highest BCUT2D eigenvalue weighted by Crippen LogP contribution is 2.24. The normalized spacial score (nSPS) is 11.9. The maximum Gasteiger partial charge on any atom is 0.261 e. The highest BCUT2D eigenvalue weighted by atomic mass is 35.5. The topological polar surface area (TPSA) is 38.3 Å². The Kier molecular flexibility index (Phi) is 5.12. The second kappa shape index (κ2) is 6.38. The zero-order valence-electron chi connectivity index (χ0n) is 9.50. The van der Waals surface area contributed by atoms with E-state index in [2.05, 4.69) is 5.32 Å². The Morgan fingerprint density at radius 1 is 1.44 bits per heavy atom. The van der Waals surface area contributed by atoms with Gasteiger partial charge in [-0.2, -0.15) is 0 Å². The van der Waals surface area contributed by atoms with Crippen molar-refractivity contribution in [3.63, 3.8) is 0 Å². The lowest BCUT2D eigenvalue weighted by molar-refractivity contribution is -0.128. The highest BCUT2D eigenvalue weighted by molar-refractivity contribution is 6.32. The number of hydrogen-bond donors (Lipinski definition) is 1. The number of benzene rings is 1. The van der Waals surface area contributed by atoms with Crippen LogP contribution in [0.15, 0.2) is 24.3 Å². The summed E-state index contributed by atoms with van der Waals surface area (Å²) in [5, 5.41) is 3.25. The molecule has 1 aromatic rings. The Hall–Kier alpha value is -1.22. The first-order chi connectivity index (χ1) is 7.69. The van der Waals surface area contributed by atoms with Gasteiger partial charge in [-0.1, -0.05) is 30.7 Å². The molecule has 1 amide bonds. The maximum atomic E-state index is 11.6. The van der Waals surface area contributed by atoms with Crippen LogP contribution < -0.4 is 10.1 Å². The molecule has 0 aromatic heterocycles. The lowest BCUT2D eigenvalue weighted by atomic mass is 10.2. The number of carbonyl (C=O) groups is 1. The van der Waals surface area contributed by atoms with Gasteiger partial charge in [0.25, 0.3) is 5.91 Å². The van der Waals surface area contributed by atoms with Crippen LogP contribution in [0.3, 0.4) is 0 Å². The van der Waals surface area contributed by atoms with Gasteiger partial charge in [-0.25, -0.2) is 0 Å². The number of carbonyl (C=O) groups excluding carboxylic acids is 1. The van der Waals surface area contributed by atoms with Crippen molar-refractivity contribution in [3.8, 4) is 5.75 Å². The highest BCUT2D eigenvalue weighted by Gasteiger charge is 2.18. The SMILES string of the molecule is CCNC(=O)[C@H](CC)Oc1ccccc1Cl. The van der Waals surface area contributed by atoms with Crippen molar-refractivity contribution < 1.29 is 9.53 Å². The van der Waals surface area contributed by atoms with E-state index in [4.69, 9.17) is 16.3 Å². The lowest BCUT2D eigenvalue weighted by Gasteiger charge is -2.17. The van der Waals surface area contributed by atoms with Crippen molar-refractivity contribution in [1.29, 1.82) is 0 Å². The van der Waals surface area contributed by atoms with E-state index in [9.17, 15) is 4.79 Å². The van der Waals surface area contributed by atoms with E-state index in [1.54, 1.807) is 12.1 Å². The third-order valence-electron chi connectivity index (χ3n) is 2.12. The van der Waals surface area contributed by atoms with Crippen LogP contribution in [0.4, 0.5) is 0 Å². The molecule has 0 spiro atoms. The van der Waals surface area contributed by atoms with Crippen molar-refractivity contribution in [1.82, 2.24) is 5.32 Å². The summed E-state index contributed by atoms with van der Waals surface area (Å²) in [6, 6.07) is 7.14. The fourth-order valence-corrected chi connectivity index (χ4v) is 1.48. The molecule has 16 heavy (non-hydrogen) atoms. The average Bonchev–Trinajstić information content (AvgIpc) is 2.28. The zero-order valence-corrected chi connectivity index (χ0v) is 10.3. The smallest absolute Gasteiger partial charge is 0.261 e. The summed E-state index contributed by atoms with van der Waals surface area (Å²) in [4.78, 5) is 11.6. The molecular formula is C12H16ClNO2. The number of para-hydroxylation sites is 1. The second-order valence-electron chi connectivity index (χ2n) is 3.34. The van der Waals surface area contributed by atoms with Crippen molar-refractivity contribution in [2.45, 2.75) is 26.4 Å². The van der Waals surface area contributed by atoms with Gasteiger partial charge in [0.15, 0.2) is 6.10 Å². The third kappa shape index (κ3) is 3.42. The van der Waals surface area contributed by atoms with E-state index in [-0.39, 0.29) is 5.91 Å². The van der Waals surface area contributed by atoms with Gasteiger partial charge in [0.05, 0.1) is 5.02 Å². The van der Waals surface area contributed by atoms with E-state index in [1.165, 1.54) is 0 Å². The van der Waals surface area contributed by atoms with Crippen molar-refractivity contribution >= 4 is 17.5 Å². The van der Waals surface area contributed by atoms with Crippen LogP contribution in [0.1, 0.15) is 20.3 Å². The van der Waals surface area contributed by atoms with Crippen LogP contribution >= 0.6 is 11.6 Å². The number of halogens is 1. The molecule has 0 radical (unpaired) electrons. The van der Waals surface area contributed by atoms with Gasteiger partial charge in [-0.15, -0.1) is 0 Å². The molecule has 1 rings (SSSR count). The summed E-state index contributed by atoms with van der Waals surface area (Å²) in [6.07, 6.45) is 0.122. The predicted molar refractivity (Wildman–Crippen MR) is 64.8 cm³/mol. The van der Waals surface area contributed by atoms with Crippen LogP contribution in [-0.2, 0) is 4.79 Å². The predicted octanol–water partition coefficient (Wildman–Crippen LogP) is 2.63. The summed E-state index contributed by atoms with van der Waals surface area (Å²) < 4.78 is 5.56. The number of ether oxygens (including phenoxy) is 1. The molecule has 0 saturated carbocycles. The molecule has 4 heteroatoms. The van der Waals surface area contributed by atoms with E-state index in [0.29, 0.717) is 23.7 Å². The lowest BCUT2D eigenvalue weighted by Crippen LogP contribution is -2.37. The summed E-state index contributed by atoms with van der Waals surface area (Å²) in [5.74, 6) is 0.437. The number of rotatable bonds is 5. The summed E-state index contributed by atoms with van der Waals surface area (Å²) in [5.41, 5.74) is 0. The van der Waals surface area contributed by atoms with Crippen molar-refractivity contribution in [2.24, 2.45) is 0 Å². The molecule has 1 atom stereocenters. The summed E-state index contributed by atoms with van der Waals surface area (Å²) >= 11 is 5.95.